The van der Waals surface area contributed by atoms with Gasteiger partial charge in [-0.15, -0.1) is 0 Å². The average molecular weight is 581 g/mol. The summed E-state index contributed by atoms with van der Waals surface area (Å²) in [7, 11) is 2.74. The van der Waals surface area contributed by atoms with Crippen LogP contribution in [0.5, 0.6) is 5.88 Å². The quantitative estimate of drug-likeness (QED) is 0.257. The maximum Gasteiger partial charge on any atom is 0.405 e. The van der Waals surface area contributed by atoms with Crippen molar-refractivity contribution in [2.24, 2.45) is 0 Å². The summed E-state index contributed by atoms with van der Waals surface area (Å²) in [6.45, 7) is 3.47. The molecule has 4 rings (SSSR count). The number of aryl methyl sites for hydroxylation is 1. The number of alkyl halides is 3. The third-order valence-corrected chi connectivity index (χ3v) is 6.21. The zero-order valence-electron chi connectivity index (χ0n) is 23.4. The van der Waals surface area contributed by atoms with Crippen molar-refractivity contribution >= 4 is 28.7 Å². The minimum atomic E-state index is -4.58. The molecule has 3 heterocycles. The number of carbonyl (C=O) groups is 2. The highest BCUT2D eigenvalue weighted by atomic mass is 19.4. The lowest BCUT2D eigenvalue weighted by Crippen LogP contribution is -2.42. The first-order chi connectivity index (χ1) is 19.8. The van der Waals surface area contributed by atoms with E-state index >= 15 is 0 Å². The van der Waals surface area contributed by atoms with Crippen LogP contribution in [0.15, 0.2) is 47.0 Å². The first kappa shape index (κ1) is 29.9. The Morgan fingerprint density at radius 3 is 2.38 bits per heavy atom. The molecule has 2 amide bonds. The normalized spacial score (nSPS) is 11.6. The Morgan fingerprint density at radius 2 is 1.79 bits per heavy atom. The van der Waals surface area contributed by atoms with Crippen molar-refractivity contribution in [2.45, 2.75) is 32.5 Å². The lowest BCUT2D eigenvalue weighted by molar-refractivity contribution is -0.115. The monoisotopic (exact) mass is 580 g/mol. The molecule has 0 saturated heterocycles. The maximum atomic E-state index is 13.2. The summed E-state index contributed by atoms with van der Waals surface area (Å²) in [6.07, 6.45) is -3.28. The SMILES string of the molecule is CNC(=O)c1c(-c2ccc(C)cc2)oc2nc(NCC(F)(F)F)c(-c3cnc(OC)c(C(=O)NC(C)(C)C#N)c3)cc12. The number of pyridine rings is 2. The largest absolute Gasteiger partial charge is 0.480 e. The molecule has 42 heavy (non-hydrogen) atoms. The highest BCUT2D eigenvalue weighted by Gasteiger charge is 2.30. The van der Waals surface area contributed by atoms with E-state index in [-0.39, 0.29) is 50.8 Å². The zero-order valence-corrected chi connectivity index (χ0v) is 23.4. The fraction of sp³-hybridized carbons (Fsp3) is 0.276. The first-order valence-electron chi connectivity index (χ1n) is 12.6. The van der Waals surface area contributed by atoms with Crippen LogP contribution in [0.4, 0.5) is 19.0 Å². The molecule has 10 nitrogen and oxygen atoms in total. The minimum Gasteiger partial charge on any atom is -0.480 e. The molecule has 0 aliphatic carbocycles. The highest BCUT2D eigenvalue weighted by Crippen LogP contribution is 2.39. The number of furan rings is 1. The molecule has 0 unspecified atom stereocenters. The number of halogens is 3. The molecule has 0 bridgehead atoms. The van der Waals surface area contributed by atoms with E-state index in [1.54, 1.807) is 12.1 Å². The summed E-state index contributed by atoms with van der Waals surface area (Å²) >= 11 is 0. The van der Waals surface area contributed by atoms with Gasteiger partial charge >= 0.3 is 6.18 Å². The predicted octanol–water partition coefficient (Wildman–Crippen LogP) is 5.24. The minimum absolute atomic E-state index is 0.0696. The Morgan fingerprint density at radius 1 is 1.10 bits per heavy atom. The van der Waals surface area contributed by atoms with E-state index < -0.39 is 30.1 Å². The topological polar surface area (TPSA) is 142 Å². The van der Waals surface area contributed by atoms with Gasteiger partial charge in [-0.1, -0.05) is 29.8 Å². The van der Waals surface area contributed by atoms with E-state index in [1.807, 2.05) is 25.1 Å². The molecular weight excluding hydrogens is 553 g/mol. The van der Waals surface area contributed by atoms with E-state index in [2.05, 4.69) is 25.9 Å². The molecule has 4 aromatic rings. The summed E-state index contributed by atoms with van der Waals surface area (Å²) in [5.41, 5.74) is 0.584. The number of benzene rings is 1. The second-order valence-electron chi connectivity index (χ2n) is 9.93. The molecule has 0 radical (unpaired) electrons. The molecule has 0 aliphatic rings. The molecule has 0 spiro atoms. The first-order valence-corrected chi connectivity index (χ1v) is 12.6. The molecule has 218 valence electrons. The standard InChI is InChI=1S/C29H27F3N6O4/c1-15-6-8-16(9-7-15)22-21(25(40)34-4)19-11-18(23(37-27(19)42-22)36-14-29(30,31)32)17-10-20(26(41-5)35-12-17)24(39)38-28(2,3)13-33/h6-12H,14H2,1-5H3,(H,34,40)(H,36,37)(H,38,39). The van der Waals surface area contributed by atoms with Gasteiger partial charge in [0.05, 0.1) is 24.1 Å². The van der Waals surface area contributed by atoms with Crippen molar-refractivity contribution in [3.63, 3.8) is 0 Å². The molecule has 0 fully saturated rings. The number of amides is 2. The van der Waals surface area contributed by atoms with Crippen molar-refractivity contribution in [3.05, 3.63) is 59.3 Å². The fourth-order valence-corrected chi connectivity index (χ4v) is 4.12. The van der Waals surface area contributed by atoms with Gasteiger partial charge in [0.15, 0.2) is 0 Å². The number of rotatable bonds is 8. The number of nitrogens with one attached hydrogen (secondary N) is 3. The molecular formula is C29H27F3N6O4. The van der Waals surface area contributed by atoms with Crippen LogP contribution < -0.4 is 20.7 Å². The van der Waals surface area contributed by atoms with Crippen LogP contribution in [0, 0.1) is 18.3 Å². The van der Waals surface area contributed by atoms with Crippen molar-refractivity contribution in [1.82, 2.24) is 20.6 Å². The molecule has 0 aliphatic heterocycles. The van der Waals surface area contributed by atoms with Crippen LogP contribution in [-0.4, -0.2) is 54.2 Å². The third kappa shape index (κ3) is 6.27. The molecule has 0 saturated carbocycles. The number of fused-ring (bicyclic) bond motifs is 1. The number of aromatic nitrogens is 2. The van der Waals surface area contributed by atoms with Crippen LogP contribution >= 0.6 is 0 Å². The summed E-state index contributed by atoms with van der Waals surface area (Å²) in [5, 5.41) is 17.0. The van der Waals surface area contributed by atoms with Gasteiger partial charge in [-0.05, 0) is 32.9 Å². The number of methoxy groups -OCH3 is 1. The van der Waals surface area contributed by atoms with Crippen LogP contribution in [0.25, 0.3) is 33.6 Å². The number of hydrogen-bond acceptors (Lipinski definition) is 8. The van der Waals surface area contributed by atoms with E-state index in [9.17, 15) is 28.0 Å². The van der Waals surface area contributed by atoms with Crippen LogP contribution in [0.2, 0.25) is 0 Å². The number of nitrogens with zero attached hydrogens (tertiary/aromatic N) is 3. The van der Waals surface area contributed by atoms with E-state index in [0.717, 1.165) is 5.56 Å². The number of nitriles is 1. The molecule has 3 N–H and O–H groups in total. The Balaban J connectivity index is 1.97. The molecule has 3 aromatic heterocycles. The molecule has 1 aromatic carbocycles. The maximum absolute atomic E-state index is 13.2. The fourth-order valence-electron chi connectivity index (χ4n) is 4.12. The van der Waals surface area contributed by atoms with Gasteiger partial charge in [0, 0.05) is 29.9 Å². The van der Waals surface area contributed by atoms with Gasteiger partial charge in [-0.25, -0.2) is 4.98 Å². The second-order valence-corrected chi connectivity index (χ2v) is 9.93. The van der Waals surface area contributed by atoms with Crippen molar-refractivity contribution in [1.29, 1.82) is 5.26 Å². The lowest BCUT2D eigenvalue weighted by Gasteiger charge is -2.19. The van der Waals surface area contributed by atoms with Gasteiger partial charge in [0.1, 0.15) is 29.2 Å². The Hall–Kier alpha value is -5.12. The number of hydrogen-bond donors (Lipinski definition) is 3. The van der Waals surface area contributed by atoms with Crippen molar-refractivity contribution in [2.75, 3.05) is 26.0 Å². The van der Waals surface area contributed by atoms with Gasteiger partial charge in [0.2, 0.25) is 11.6 Å². The lowest BCUT2D eigenvalue weighted by atomic mass is 10.0. The van der Waals surface area contributed by atoms with Crippen LogP contribution in [-0.2, 0) is 0 Å². The second kappa shape index (κ2) is 11.4. The summed E-state index contributed by atoms with van der Waals surface area (Å²) in [4.78, 5) is 34.6. The van der Waals surface area contributed by atoms with Gasteiger partial charge in [0.25, 0.3) is 11.8 Å². The number of ether oxygens (including phenoxy) is 1. The number of carbonyl (C=O) groups excluding carboxylic acids is 2. The Bertz CT molecular complexity index is 1710. The molecule has 0 atom stereocenters. The average Bonchev–Trinajstić information content (AvgIpc) is 3.32. The van der Waals surface area contributed by atoms with Crippen molar-refractivity contribution < 1.29 is 31.9 Å². The Kier molecular flexibility index (Phi) is 8.10. The van der Waals surface area contributed by atoms with E-state index in [1.165, 1.54) is 46.3 Å². The number of anilines is 1. The van der Waals surface area contributed by atoms with Gasteiger partial charge < -0.3 is 25.1 Å². The smallest absolute Gasteiger partial charge is 0.405 e. The Labute approximate surface area is 238 Å². The van der Waals surface area contributed by atoms with Crippen LogP contribution in [0.3, 0.4) is 0 Å². The summed E-state index contributed by atoms with van der Waals surface area (Å²) < 4.78 is 50.9. The predicted molar refractivity (Wildman–Crippen MR) is 149 cm³/mol. The van der Waals surface area contributed by atoms with Gasteiger partial charge in [-0.3, -0.25) is 9.59 Å². The van der Waals surface area contributed by atoms with E-state index in [4.69, 9.17) is 9.15 Å². The highest BCUT2D eigenvalue weighted by molar-refractivity contribution is 6.11. The molecule has 13 heteroatoms. The van der Waals surface area contributed by atoms with Crippen molar-refractivity contribution in [3.8, 4) is 34.4 Å². The van der Waals surface area contributed by atoms with E-state index in [0.29, 0.717) is 5.56 Å². The third-order valence-electron chi connectivity index (χ3n) is 6.21. The van der Waals surface area contributed by atoms with Crippen LogP contribution in [0.1, 0.15) is 40.1 Å². The zero-order chi connectivity index (χ0) is 30.8. The summed E-state index contributed by atoms with van der Waals surface area (Å²) in [5.74, 6) is -1.30. The van der Waals surface area contributed by atoms with Gasteiger partial charge in [-0.2, -0.15) is 23.4 Å². The summed E-state index contributed by atoms with van der Waals surface area (Å²) in [6, 6.07) is 11.9.